The fourth-order valence-corrected chi connectivity index (χ4v) is 2.53. The van der Waals surface area contributed by atoms with Crippen molar-refractivity contribution < 1.29 is 14.0 Å². The number of amides is 2. The average molecular weight is 338 g/mol. The maximum Gasteiger partial charge on any atom is 0.256 e. The van der Waals surface area contributed by atoms with Crippen LogP contribution in [-0.2, 0) is 0 Å². The lowest BCUT2D eigenvalue weighted by atomic mass is 10.1. The lowest BCUT2D eigenvalue weighted by Crippen LogP contribution is -2.25. The number of anilines is 1. The molecule has 4 rings (SSSR count). The van der Waals surface area contributed by atoms with Crippen LogP contribution in [0, 0.1) is 5.82 Å². The molecule has 1 saturated carbocycles. The van der Waals surface area contributed by atoms with Gasteiger partial charge in [-0.2, -0.15) is 5.10 Å². The number of halogens is 1. The van der Waals surface area contributed by atoms with Crippen molar-refractivity contribution in [2.45, 2.75) is 18.9 Å². The van der Waals surface area contributed by atoms with Crippen LogP contribution in [0.25, 0.3) is 10.9 Å². The number of hydrogen-bond acceptors (Lipinski definition) is 3. The standard InChI is InChI=1S/C18H15FN4O2/c19-12-5-8-15-14(9-12)16(23-22-15)21-18(25)11-3-1-10(2-4-11)17(24)20-13-6-7-13/h1-5,8-9,13H,6-7H2,(H,20,24)(H2,21,22,23,25). The Morgan fingerprint density at radius 3 is 2.40 bits per heavy atom. The number of fused-ring (bicyclic) bond motifs is 1. The van der Waals surface area contributed by atoms with Gasteiger partial charge in [0.15, 0.2) is 5.82 Å². The molecule has 6 nitrogen and oxygen atoms in total. The van der Waals surface area contributed by atoms with Crippen molar-refractivity contribution >= 4 is 28.5 Å². The molecule has 2 amide bonds. The van der Waals surface area contributed by atoms with Crippen molar-refractivity contribution in [3.63, 3.8) is 0 Å². The van der Waals surface area contributed by atoms with Crippen LogP contribution in [0.5, 0.6) is 0 Å². The monoisotopic (exact) mass is 338 g/mol. The highest BCUT2D eigenvalue weighted by Gasteiger charge is 2.23. The highest BCUT2D eigenvalue weighted by Crippen LogP contribution is 2.22. The van der Waals surface area contributed by atoms with Crippen LogP contribution < -0.4 is 10.6 Å². The lowest BCUT2D eigenvalue weighted by Gasteiger charge is -2.05. The number of aromatic nitrogens is 2. The number of carbonyl (C=O) groups is 2. The van der Waals surface area contributed by atoms with Gasteiger partial charge in [0.1, 0.15) is 5.82 Å². The van der Waals surface area contributed by atoms with E-state index in [1.54, 1.807) is 30.3 Å². The van der Waals surface area contributed by atoms with E-state index in [0.29, 0.717) is 22.0 Å². The van der Waals surface area contributed by atoms with Gasteiger partial charge in [-0.3, -0.25) is 14.7 Å². The topological polar surface area (TPSA) is 86.9 Å². The quantitative estimate of drug-likeness (QED) is 0.684. The maximum absolute atomic E-state index is 13.4. The minimum atomic E-state index is -0.407. The summed E-state index contributed by atoms with van der Waals surface area (Å²) < 4.78 is 13.4. The molecule has 3 N–H and O–H groups in total. The minimum absolute atomic E-state index is 0.136. The van der Waals surface area contributed by atoms with Gasteiger partial charge in [-0.1, -0.05) is 0 Å². The zero-order valence-corrected chi connectivity index (χ0v) is 13.2. The van der Waals surface area contributed by atoms with Crippen molar-refractivity contribution in [3.8, 4) is 0 Å². The van der Waals surface area contributed by atoms with E-state index >= 15 is 0 Å². The third kappa shape index (κ3) is 3.21. The molecule has 126 valence electrons. The summed E-state index contributed by atoms with van der Waals surface area (Å²) in [7, 11) is 0. The number of nitrogens with zero attached hydrogens (tertiary/aromatic N) is 1. The molecular formula is C18H15FN4O2. The first-order valence-electron chi connectivity index (χ1n) is 7.96. The van der Waals surface area contributed by atoms with Crippen molar-refractivity contribution in [3.05, 3.63) is 59.4 Å². The van der Waals surface area contributed by atoms with Gasteiger partial charge in [-0.25, -0.2) is 4.39 Å². The molecular weight excluding hydrogens is 323 g/mol. The van der Waals surface area contributed by atoms with Crippen molar-refractivity contribution in [2.75, 3.05) is 5.32 Å². The van der Waals surface area contributed by atoms with Crippen LogP contribution in [0.15, 0.2) is 42.5 Å². The molecule has 3 aromatic rings. The van der Waals surface area contributed by atoms with E-state index in [1.807, 2.05) is 0 Å². The summed E-state index contributed by atoms with van der Waals surface area (Å²) in [5.41, 5.74) is 1.52. The Bertz CT molecular complexity index is 961. The van der Waals surface area contributed by atoms with Crippen LogP contribution in [0.2, 0.25) is 0 Å². The number of hydrogen-bond donors (Lipinski definition) is 3. The zero-order chi connectivity index (χ0) is 17.4. The number of aromatic amines is 1. The van der Waals surface area contributed by atoms with Crippen LogP contribution in [0.1, 0.15) is 33.6 Å². The second kappa shape index (κ2) is 6.01. The van der Waals surface area contributed by atoms with E-state index in [1.165, 1.54) is 12.1 Å². The molecule has 0 unspecified atom stereocenters. The van der Waals surface area contributed by atoms with Gasteiger partial charge in [0.05, 0.1) is 5.52 Å². The second-order valence-corrected chi connectivity index (χ2v) is 6.04. The lowest BCUT2D eigenvalue weighted by molar-refractivity contribution is 0.0949. The third-order valence-electron chi connectivity index (χ3n) is 4.08. The summed E-state index contributed by atoms with van der Waals surface area (Å²) in [6.45, 7) is 0. The minimum Gasteiger partial charge on any atom is -0.349 e. The van der Waals surface area contributed by atoms with Gasteiger partial charge < -0.3 is 10.6 Å². The van der Waals surface area contributed by atoms with E-state index in [-0.39, 0.29) is 23.7 Å². The Kier molecular flexibility index (Phi) is 3.68. The van der Waals surface area contributed by atoms with Crippen LogP contribution in [0.3, 0.4) is 0 Å². The Morgan fingerprint density at radius 1 is 1.04 bits per heavy atom. The van der Waals surface area contributed by atoms with Gasteiger partial charge in [0.2, 0.25) is 0 Å². The van der Waals surface area contributed by atoms with Crippen LogP contribution in [-0.4, -0.2) is 28.1 Å². The Labute approximate surface area is 142 Å². The normalized spacial score (nSPS) is 13.6. The van der Waals surface area contributed by atoms with Gasteiger partial charge >= 0.3 is 0 Å². The molecule has 0 spiro atoms. The summed E-state index contributed by atoms with van der Waals surface area (Å²) in [5, 5.41) is 12.8. The predicted octanol–water partition coefficient (Wildman–Crippen LogP) is 2.85. The molecule has 0 saturated heterocycles. The number of benzene rings is 2. The fraction of sp³-hybridized carbons (Fsp3) is 0.167. The number of carbonyl (C=O) groups excluding carboxylic acids is 2. The fourth-order valence-electron chi connectivity index (χ4n) is 2.53. The zero-order valence-electron chi connectivity index (χ0n) is 13.2. The van der Waals surface area contributed by atoms with Gasteiger partial charge in [-0.05, 0) is 55.3 Å². The van der Waals surface area contributed by atoms with E-state index < -0.39 is 5.82 Å². The summed E-state index contributed by atoms with van der Waals surface area (Å²) in [5.74, 6) is -0.666. The highest BCUT2D eigenvalue weighted by atomic mass is 19.1. The van der Waals surface area contributed by atoms with Gasteiger partial charge in [0.25, 0.3) is 11.8 Å². The molecule has 0 bridgehead atoms. The summed E-state index contributed by atoms with van der Waals surface area (Å²) >= 11 is 0. The number of rotatable bonds is 4. The maximum atomic E-state index is 13.4. The van der Waals surface area contributed by atoms with Crippen LogP contribution >= 0.6 is 0 Å². The predicted molar refractivity (Wildman–Crippen MR) is 90.9 cm³/mol. The molecule has 0 aliphatic heterocycles. The highest BCUT2D eigenvalue weighted by molar-refractivity contribution is 6.08. The van der Waals surface area contributed by atoms with E-state index in [4.69, 9.17) is 0 Å². The van der Waals surface area contributed by atoms with Crippen molar-refractivity contribution in [1.29, 1.82) is 0 Å². The molecule has 7 heteroatoms. The summed E-state index contributed by atoms with van der Waals surface area (Å²) in [4.78, 5) is 24.3. The molecule has 1 aliphatic carbocycles. The number of nitrogens with one attached hydrogen (secondary N) is 3. The van der Waals surface area contributed by atoms with Crippen molar-refractivity contribution in [2.24, 2.45) is 0 Å². The third-order valence-corrected chi connectivity index (χ3v) is 4.08. The van der Waals surface area contributed by atoms with Gasteiger partial charge in [0, 0.05) is 22.6 Å². The Balaban J connectivity index is 1.50. The second-order valence-electron chi connectivity index (χ2n) is 6.04. The number of H-pyrrole nitrogens is 1. The Morgan fingerprint density at radius 2 is 1.72 bits per heavy atom. The smallest absolute Gasteiger partial charge is 0.256 e. The summed E-state index contributed by atoms with van der Waals surface area (Å²) in [6, 6.07) is 10.8. The van der Waals surface area contributed by atoms with Gasteiger partial charge in [-0.15, -0.1) is 0 Å². The largest absolute Gasteiger partial charge is 0.349 e. The van der Waals surface area contributed by atoms with E-state index in [2.05, 4.69) is 20.8 Å². The average Bonchev–Trinajstić information content (AvgIpc) is 3.35. The van der Waals surface area contributed by atoms with Crippen LogP contribution in [0.4, 0.5) is 10.2 Å². The van der Waals surface area contributed by atoms with E-state index in [9.17, 15) is 14.0 Å². The molecule has 1 aromatic heterocycles. The molecule has 1 fully saturated rings. The molecule has 25 heavy (non-hydrogen) atoms. The van der Waals surface area contributed by atoms with Crippen molar-refractivity contribution in [1.82, 2.24) is 15.5 Å². The SMILES string of the molecule is O=C(Nc1n[nH]c2ccc(F)cc12)c1ccc(C(=O)NC2CC2)cc1. The Hall–Kier alpha value is -3.22. The molecule has 1 heterocycles. The molecule has 0 radical (unpaired) electrons. The first kappa shape index (κ1) is 15.3. The van der Waals surface area contributed by atoms with E-state index in [0.717, 1.165) is 12.8 Å². The first-order valence-corrected chi connectivity index (χ1v) is 7.96. The molecule has 1 aliphatic rings. The summed E-state index contributed by atoms with van der Waals surface area (Å²) in [6.07, 6.45) is 2.04. The molecule has 2 aromatic carbocycles. The first-order chi connectivity index (χ1) is 12.1. The molecule has 0 atom stereocenters.